The van der Waals surface area contributed by atoms with E-state index in [0.29, 0.717) is 29.6 Å². The Labute approximate surface area is 169 Å². The van der Waals surface area contributed by atoms with Crippen LogP contribution in [0, 0.1) is 6.92 Å². The Kier molecular flexibility index (Phi) is 4.80. The van der Waals surface area contributed by atoms with Gasteiger partial charge in [-0.05, 0) is 44.0 Å². The highest BCUT2D eigenvalue weighted by atomic mass is 16.5. The molecule has 3 N–H and O–H groups in total. The quantitative estimate of drug-likeness (QED) is 0.697. The molecule has 1 unspecified atom stereocenters. The Morgan fingerprint density at radius 2 is 1.90 bits per heavy atom. The molecule has 148 valence electrons. The first kappa shape index (κ1) is 18.7. The smallest absolute Gasteiger partial charge is 0.248 e. The number of primary amides is 1. The van der Waals surface area contributed by atoms with Gasteiger partial charge in [-0.15, -0.1) is 5.10 Å². The fourth-order valence-corrected chi connectivity index (χ4v) is 3.63. The summed E-state index contributed by atoms with van der Waals surface area (Å²) in [5.41, 5.74) is 9.78. The Hall–Kier alpha value is -3.61. The van der Waals surface area contributed by atoms with Gasteiger partial charge < -0.3 is 15.8 Å². The molecule has 1 aliphatic heterocycles. The molecule has 0 saturated heterocycles. The van der Waals surface area contributed by atoms with Gasteiger partial charge in [-0.2, -0.15) is 4.98 Å². The van der Waals surface area contributed by atoms with Crippen LogP contribution < -0.4 is 15.8 Å². The van der Waals surface area contributed by atoms with E-state index < -0.39 is 11.9 Å². The molecule has 29 heavy (non-hydrogen) atoms. The number of nitrogens with two attached hydrogens (primary N) is 1. The third-order valence-corrected chi connectivity index (χ3v) is 5.01. The fraction of sp³-hybridized carbons (Fsp3) is 0.227. The van der Waals surface area contributed by atoms with Gasteiger partial charge in [0.05, 0.1) is 12.2 Å². The number of ether oxygens (including phenoxy) is 1. The second-order valence-corrected chi connectivity index (χ2v) is 6.95. The number of fused-ring (bicyclic) bond motifs is 1. The van der Waals surface area contributed by atoms with Crippen molar-refractivity contribution in [3.05, 3.63) is 70.9 Å². The number of hydrogen-bond acceptors (Lipinski definition) is 5. The van der Waals surface area contributed by atoms with Crippen molar-refractivity contribution < 1.29 is 9.53 Å². The average molecular weight is 389 g/mol. The maximum Gasteiger partial charge on any atom is 0.248 e. The number of amides is 1. The van der Waals surface area contributed by atoms with Crippen molar-refractivity contribution in [2.45, 2.75) is 26.8 Å². The Morgan fingerprint density at radius 3 is 2.55 bits per heavy atom. The minimum Gasteiger partial charge on any atom is -0.494 e. The van der Waals surface area contributed by atoms with E-state index in [1.54, 1.807) is 4.68 Å². The summed E-state index contributed by atoms with van der Waals surface area (Å²) in [6.07, 6.45) is 0. The van der Waals surface area contributed by atoms with Gasteiger partial charge in [-0.3, -0.25) is 4.79 Å². The molecule has 1 atom stereocenters. The van der Waals surface area contributed by atoms with E-state index in [-0.39, 0.29) is 0 Å². The molecule has 0 bridgehead atoms. The lowest BCUT2D eigenvalue weighted by atomic mass is 9.95. The van der Waals surface area contributed by atoms with E-state index in [2.05, 4.69) is 10.3 Å². The van der Waals surface area contributed by atoms with Crippen LogP contribution in [0.4, 0.5) is 5.95 Å². The van der Waals surface area contributed by atoms with Crippen LogP contribution in [-0.2, 0) is 4.79 Å². The fourth-order valence-electron chi connectivity index (χ4n) is 3.63. The maximum absolute atomic E-state index is 12.3. The van der Waals surface area contributed by atoms with E-state index in [1.807, 2.05) is 69.3 Å². The lowest BCUT2D eigenvalue weighted by Crippen LogP contribution is -2.31. The number of carbonyl (C=O) groups excluding carboxylic acids is 1. The van der Waals surface area contributed by atoms with Gasteiger partial charge in [0.2, 0.25) is 11.9 Å². The van der Waals surface area contributed by atoms with Gasteiger partial charge in [0, 0.05) is 11.3 Å². The molecular formula is C22H23N5O2. The van der Waals surface area contributed by atoms with Crippen molar-refractivity contribution >= 4 is 11.9 Å². The van der Waals surface area contributed by atoms with Crippen molar-refractivity contribution in [3.63, 3.8) is 0 Å². The number of nitrogens with one attached hydrogen (secondary N) is 1. The summed E-state index contributed by atoms with van der Waals surface area (Å²) in [5, 5.41) is 7.91. The Bertz CT molecular complexity index is 1100. The number of carbonyl (C=O) groups is 1. The van der Waals surface area contributed by atoms with E-state index in [9.17, 15) is 4.79 Å². The number of hydrogen-bond donors (Lipinski definition) is 2. The SMILES string of the molecule is CCOc1ccc(C2C(C(N)=O)=C(C)Nc3nc(-c4ccccc4C)nn32)cc1. The molecular weight excluding hydrogens is 366 g/mol. The first-order valence-electron chi connectivity index (χ1n) is 9.52. The zero-order chi connectivity index (χ0) is 20.5. The second kappa shape index (κ2) is 7.43. The molecule has 0 radical (unpaired) electrons. The van der Waals surface area contributed by atoms with Crippen LogP contribution in [0.5, 0.6) is 5.75 Å². The van der Waals surface area contributed by atoms with E-state index in [4.69, 9.17) is 15.6 Å². The van der Waals surface area contributed by atoms with Gasteiger partial charge in [-0.25, -0.2) is 4.68 Å². The number of rotatable bonds is 5. The topological polar surface area (TPSA) is 95.1 Å². The zero-order valence-corrected chi connectivity index (χ0v) is 16.6. The van der Waals surface area contributed by atoms with Gasteiger partial charge in [0.15, 0.2) is 5.82 Å². The van der Waals surface area contributed by atoms with Crippen LogP contribution in [-0.4, -0.2) is 27.3 Å². The standard InChI is InChI=1S/C22H23N5O2/c1-4-29-16-11-9-15(10-12-16)19-18(20(23)28)14(3)24-22-25-21(26-27(19)22)17-8-6-5-7-13(17)2/h5-12,19H,4H2,1-3H3,(H2,23,28)(H,24,25,26). The van der Waals surface area contributed by atoms with Crippen LogP contribution in [0.3, 0.4) is 0 Å². The Balaban J connectivity index is 1.84. The predicted molar refractivity (Wildman–Crippen MR) is 111 cm³/mol. The lowest BCUT2D eigenvalue weighted by Gasteiger charge is -2.27. The number of nitrogens with zero attached hydrogens (tertiary/aromatic N) is 3. The number of benzene rings is 2. The van der Waals surface area contributed by atoms with Gasteiger partial charge in [-0.1, -0.05) is 36.4 Å². The van der Waals surface area contributed by atoms with Crippen LogP contribution in [0.1, 0.15) is 31.0 Å². The van der Waals surface area contributed by atoms with Crippen LogP contribution in [0.15, 0.2) is 59.8 Å². The summed E-state index contributed by atoms with van der Waals surface area (Å²) < 4.78 is 7.26. The largest absolute Gasteiger partial charge is 0.494 e. The highest BCUT2D eigenvalue weighted by molar-refractivity contribution is 5.95. The van der Waals surface area contributed by atoms with Crippen molar-refractivity contribution in [2.75, 3.05) is 11.9 Å². The van der Waals surface area contributed by atoms with Crippen LogP contribution in [0.25, 0.3) is 11.4 Å². The molecule has 1 amide bonds. The lowest BCUT2D eigenvalue weighted by molar-refractivity contribution is -0.115. The molecule has 2 heterocycles. The normalized spacial score (nSPS) is 15.6. The third-order valence-electron chi connectivity index (χ3n) is 5.01. The summed E-state index contributed by atoms with van der Waals surface area (Å²) in [5.74, 6) is 1.45. The molecule has 3 aromatic rings. The summed E-state index contributed by atoms with van der Waals surface area (Å²) in [7, 11) is 0. The molecule has 1 aromatic heterocycles. The van der Waals surface area contributed by atoms with Gasteiger partial charge in [0.25, 0.3) is 0 Å². The molecule has 0 spiro atoms. The van der Waals surface area contributed by atoms with E-state index in [1.165, 1.54) is 0 Å². The second-order valence-electron chi connectivity index (χ2n) is 6.95. The van der Waals surface area contributed by atoms with Crippen LogP contribution >= 0.6 is 0 Å². The molecule has 7 heteroatoms. The van der Waals surface area contributed by atoms with E-state index in [0.717, 1.165) is 22.4 Å². The van der Waals surface area contributed by atoms with Gasteiger partial charge >= 0.3 is 0 Å². The van der Waals surface area contributed by atoms with Gasteiger partial charge in [0.1, 0.15) is 11.8 Å². The number of aromatic nitrogens is 3. The predicted octanol–water partition coefficient (Wildman–Crippen LogP) is 3.43. The summed E-state index contributed by atoms with van der Waals surface area (Å²) in [4.78, 5) is 17.0. The molecule has 4 rings (SSSR count). The monoisotopic (exact) mass is 389 g/mol. The molecule has 0 fully saturated rings. The van der Waals surface area contributed by atoms with Crippen LogP contribution in [0.2, 0.25) is 0 Å². The third kappa shape index (κ3) is 3.35. The zero-order valence-electron chi connectivity index (χ0n) is 16.6. The highest BCUT2D eigenvalue weighted by Gasteiger charge is 2.33. The molecule has 0 saturated carbocycles. The number of allylic oxidation sites excluding steroid dienone is 1. The van der Waals surface area contributed by atoms with E-state index >= 15 is 0 Å². The summed E-state index contributed by atoms with van der Waals surface area (Å²) >= 11 is 0. The molecule has 2 aromatic carbocycles. The summed E-state index contributed by atoms with van der Waals surface area (Å²) in [6.45, 7) is 6.37. The number of anilines is 1. The van der Waals surface area contributed by atoms with Crippen molar-refractivity contribution in [1.29, 1.82) is 0 Å². The number of aryl methyl sites for hydroxylation is 1. The Morgan fingerprint density at radius 1 is 1.17 bits per heavy atom. The first-order chi connectivity index (χ1) is 14.0. The van der Waals surface area contributed by atoms with Crippen molar-refractivity contribution in [3.8, 4) is 17.1 Å². The first-order valence-corrected chi connectivity index (χ1v) is 9.52. The molecule has 0 aliphatic carbocycles. The molecule has 1 aliphatic rings. The highest BCUT2D eigenvalue weighted by Crippen LogP contribution is 2.36. The molecule has 7 nitrogen and oxygen atoms in total. The minimum absolute atomic E-state index is 0.461. The average Bonchev–Trinajstić information content (AvgIpc) is 3.11. The summed E-state index contributed by atoms with van der Waals surface area (Å²) in [6, 6.07) is 15.1. The maximum atomic E-state index is 12.3. The van der Waals surface area contributed by atoms with Crippen molar-refractivity contribution in [1.82, 2.24) is 14.8 Å². The minimum atomic E-state index is -0.493. The van der Waals surface area contributed by atoms with Crippen molar-refractivity contribution in [2.24, 2.45) is 5.73 Å².